The van der Waals surface area contributed by atoms with Crippen molar-refractivity contribution in [2.24, 2.45) is 22.6 Å². The van der Waals surface area contributed by atoms with Crippen molar-refractivity contribution >= 4 is 17.7 Å². The Bertz CT molecular complexity index is 1370. The van der Waals surface area contributed by atoms with E-state index in [9.17, 15) is 44.3 Å². The van der Waals surface area contributed by atoms with Gasteiger partial charge in [0.05, 0.1) is 16.7 Å². The Labute approximate surface area is 271 Å². The molecule has 2 fully saturated rings. The van der Waals surface area contributed by atoms with E-state index >= 15 is 0 Å². The number of rotatable bonds is 8. The fourth-order valence-electron chi connectivity index (χ4n) is 5.61. The summed E-state index contributed by atoms with van der Waals surface area (Å²) in [6.45, 7) is -0.124. The highest BCUT2D eigenvalue weighted by Crippen LogP contribution is 2.37. The van der Waals surface area contributed by atoms with E-state index in [2.05, 4.69) is 10.1 Å². The number of carboxylic acid groups (broad SMARTS) is 1. The number of aromatic nitrogens is 1. The predicted molar refractivity (Wildman–Crippen MR) is 159 cm³/mol. The van der Waals surface area contributed by atoms with Gasteiger partial charge < -0.3 is 20.6 Å². The Kier molecular flexibility index (Phi) is 12.8. The van der Waals surface area contributed by atoms with Gasteiger partial charge in [0, 0.05) is 51.4 Å². The maximum atomic E-state index is 13.5. The van der Waals surface area contributed by atoms with E-state index in [1.165, 1.54) is 26.3 Å². The highest BCUT2D eigenvalue weighted by Gasteiger charge is 2.37. The number of carboxylic acids is 1. The van der Waals surface area contributed by atoms with E-state index in [-0.39, 0.29) is 17.4 Å². The van der Waals surface area contributed by atoms with Crippen LogP contribution in [-0.4, -0.2) is 52.2 Å². The van der Waals surface area contributed by atoms with Gasteiger partial charge >= 0.3 is 24.5 Å². The summed E-state index contributed by atoms with van der Waals surface area (Å²) in [5, 5.41) is 12.9. The second kappa shape index (κ2) is 16.0. The summed E-state index contributed by atoms with van der Waals surface area (Å²) in [6, 6.07) is 1.81. The highest BCUT2D eigenvalue weighted by atomic mass is 19.4. The first-order chi connectivity index (χ1) is 22.2. The molecule has 2 aromatic rings. The molecule has 0 amide bonds. The van der Waals surface area contributed by atoms with Gasteiger partial charge in [0.15, 0.2) is 0 Å². The molecule has 2 heterocycles. The van der Waals surface area contributed by atoms with E-state index in [0.29, 0.717) is 43.8 Å². The standard InChI is InChI=1S/C22H24F9N7.C8H14O2/c1-36(33)35-19(32)38(11-13-6-15(20(23,24)25)9-16(7-13)21(26,27)28)12-14-8-17(22(29,30)31)10-34-18(14)37-4-2-3-5-37;9-8(10)6-7-4-2-1-3-5-7/h6-10H,2-5,11-12,33H2,1H3,(H2,32,35);7H,1-6H2,(H,9,10). The number of nitrogens with two attached hydrogens (primary N) is 2. The second-order valence-electron chi connectivity index (χ2n) is 11.8. The van der Waals surface area contributed by atoms with Gasteiger partial charge in [0.1, 0.15) is 5.82 Å². The quantitative estimate of drug-likeness (QED) is 0.0903. The highest BCUT2D eigenvalue weighted by molar-refractivity contribution is 5.78. The van der Waals surface area contributed by atoms with Crippen LogP contribution in [0.5, 0.6) is 0 Å². The van der Waals surface area contributed by atoms with E-state index in [0.717, 1.165) is 41.8 Å². The lowest BCUT2D eigenvalue weighted by atomic mass is 9.87. The number of halogens is 9. The molecule has 18 heteroatoms. The molecule has 1 saturated carbocycles. The molecule has 4 rings (SSSR count). The Morgan fingerprint density at radius 1 is 0.875 bits per heavy atom. The lowest BCUT2D eigenvalue weighted by molar-refractivity contribution is -0.143. The molecule has 0 unspecified atom stereocenters. The van der Waals surface area contributed by atoms with Crippen LogP contribution in [0.3, 0.4) is 0 Å². The maximum Gasteiger partial charge on any atom is 0.417 e. The summed E-state index contributed by atoms with van der Waals surface area (Å²) in [7, 11) is 1.25. The van der Waals surface area contributed by atoms with E-state index in [1.807, 2.05) is 0 Å². The monoisotopic (exact) mass is 699 g/mol. The smallest absolute Gasteiger partial charge is 0.417 e. The molecule has 5 N–H and O–H groups in total. The third-order valence-corrected chi connectivity index (χ3v) is 7.83. The van der Waals surface area contributed by atoms with Crippen molar-refractivity contribution in [2.75, 3.05) is 25.0 Å². The normalized spacial score (nSPS) is 16.4. The molecule has 1 saturated heterocycles. The number of hydrazine groups is 1. The number of hydrogen-bond acceptors (Lipinski definition) is 6. The van der Waals surface area contributed by atoms with Crippen molar-refractivity contribution in [1.29, 1.82) is 0 Å². The lowest BCUT2D eigenvalue weighted by Gasteiger charge is -2.28. The summed E-state index contributed by atoms with van der Waals surface area (Å²) in [4.78, 5) is 17.0. The van der Waals surface area contributed by atoms with Crippen molar-refractivity contribution in [3.8, 4) is 0 Å². The van der Waals surface area contributed by atoms with E-state index in [1.54, 1.807) is 4.90 Å². The zero-order valence-electron chi connectivity index (χ0n) is 26.1. The van der Waals surface area contributed by atoms with Crippen molar-refractivity contribution in [2.45, 2.75) is 83.0 Å². The topological polar surface area (TPSA) is 124 Å². The van der Waals surface area contributed by atoms with Crippen LogP contribution in [0.4, 0.5) is 45.3 Å². The van der Waals surface area contributed by atoms with E-state index < -0.39 is 65.8 Å². The van der Waals surface area contributed by atoms with Gasteiger partial charge in [0.2, 0.25) is 5.96 Å². The zero-order chi connectivity index (χ0) is 35.9. The molecule has 0 radical (unpaired) electrons. The maximum absolute atomic E-state index is 13.5. The third kappa shape index (κ3) is 11.6. The first-order valence-electron chi connectivity index (χ1n) is 15.1. The molecule has 268 valence electrons. The Morgan fingerprint density at radius 3 is 1.90 bits per heavy atom. The van der Waals surface area contributed by atoms with Gasteiger partial charge in [-0.3, -0.25) is 4.79 Å². The Hall–Kier alpha value is -3.96. The number of benzene rings is 1. The van der Waals surface area contributed by atoms with Crippen LogP contribution in [0.25, 0.3) is 0 Å². The van der Waals surface area contributed by atoms with Crippen LogP contribution in [0.2, 0.25) is 0 Å². The summed E-state index contributed by atoms with van der Waals surface area (Å²) < 4.78 is 121. The van der Waals surface area contributed by atoms with Crippen LogP contribution >= 0.6 is 0 Å². The fourth-order valence-corrected chi connectivity index (χ4v) is 5.61. The molecule has 48 heavy (non-hydrogen) atoms. The van der Waals surface area contributed by atoms with Gasteiger partial charge in [-0.1, -0.05) is 19.3 Å². The molecule has 1 aromatic heterocycles. The molecule has 1 aromatic carbocycles. The van der Waals surface area contributed by atoms with Gasteiger partial charge in [-0.15, -0.1) is 5.10 Å². The van der Waals surface area contributed by atoms with Gasteiger partial charge in [-0.25, -0.2) is 15.9 Å². The van der Waals surface area contributed by atoms with Crippen molar-refractivity contribution in [3.05, 3.63) is 58.3 Å². The summed E-state index contributed by atoms with van der Waals surface area (Å²) >= 11 is 0. The molecule has 2 aliphatic rings. The number of guanidine groups is 1. The minimum absolute atomic E-state index is 0.00238. The summed E-state index contributed by atoms with van der Waals surface area (Å²) in [5.74, 6) is 5.05. The van der Waals surface area contributed by atoms with Gasteiger partial charge in [0.25, 0.3) is 0 Å². The Balaban J connectivity index is 0.000000533. The van der Waals surface area contributed by atoms with Crippen LogP contribution in [0.15, 0.2) is 35.6 Å². The molecular weight excluding hydrogens is 661 g/mol. The van der Waals surface area contributed by atoms with Crippen LogP contribution < -0.4 is 16.5 Å². The molecular formula is C30H38F9N7O2. The van der Waals surface area contributed by atoms with Crippen molar-refractivity contribution < 1.29 is 49.4 Å². The summed E-state index contributed by atoms with van der Waals surface area (Å²) in [5.41, 5.74) is 1.31. The predicted octanol–water partition coefficient (Wildman–Crippen LogP) is 6.82. The average Bonchev–Trinajstić information content (AvgIpc) is 3.50. The van der Waals surface area contributed by atoms with Crippen LogP contribution in [-0.2, 0) is 36.4 Å². The SMILES string of the molecule is CN(N)/N=C(\N)N(Cc1cc(C(F)(F)F)cc(C(F)(F)F)c1)Cc1cc(C(F)(F)F)cnc1N1CCCC1.O=C(O)CC1CCCCC1. The number of nitrogens with zero attached hydrogens (tertiary/aromatic N) is 5. The largest absolute Gasteiger partial charge is 0.481 e. The van der Waals surface area contributed by atoms with Crippen LogP contribution in [0.1, 0.15) is 79.2 Å². The van der Waals surface area contributed by atoms with E-state index in [4.69, 9.17) is 16.7 Å². The number of carbonyl (C=O) groups is 1. The number of hydrazone groups is 1. The number of pyridine rings is 1. The molecule has 1 aliphatic heterocycles. The van der Waals surface area contributed by atoms with Crippen molar-refractivity contribution in [3.63, 3.8) is 0 Å². The number of hydrogen-bond donors (Lipinski definition) is 3. The zero-order valence-corrected chi connectivity index (χ0v) is 26.1. The molecule has 0 bridgehead atoms. The lowest BCUT2D eigenvalue weighted by Crippen LogP contribution is -2.39. The second-order valence-corrected chi connectivity index (χ2v) is 11.8. The first kappa shape index (κ1) is 38.5. The fraction of sp³-hybridized carbons (Fsp3) is 0.567. The van der Waals surface area contributed by atoms with Gasteiger partial charge in [-0.05, 0) is 61.4 Å². The minimum atomic E-state index is -5.09. The van der Waals surface area contributed by atoms with Crippen molar-refractivity contribution in [1.82, 2.24) is 15.0 Å². The molecule has 9 nitrogen and oxygen atoms in total. The molecule has 0 atom stereocenters. The molecule has 0 spiro atoms. The van der Waals surface area contributed by atoms with Crippen LogP contribution in [0, 0.1) is 5.92 Å². The van der Waals surface area contributed by atoms with Gasteiger partial charge in [-0.2, -0.15) is 39.5 Å². The number of alkyl halides is 9. The summed E-state index contributed by atoms with van der Waals surface area (Å²) in [6.07, 6.45) is -6.33. The first-order valence-corrected chi connectivity index (χ1v) is 15.1. The number of anilines is 1. The third-order valence-electron chi connectivity index (χ3n) is 7.83. The average molecular weight is 700 g/mol. The minimum Gasteiger partial charge on any atom is -0.481 e. The number of aliphatic carboxylic acids is 1. The molecule has 1 aliphatic carbocycles. The Morgan fingerprint density at radius 2 is 1.42 bits per heavy atom.